The van der Waals surface area contributed by atoms with Crippen molar-refractivity contribution in [2.45, 2.75) is 69.0 Å². The van der Waals surface area contributed by atoms with Gasteiger partial charge in [-0.25, -0.2) is 0 Å². The van der Waals surface area contributed by atoms with Crippen LogP contribution in [0.1, 0.15) is 46.0 Å². The van der Waals surface area contributed by atoms with Gasteiger partial charge < -0.3 is 0 Å². The van der Waals surface area contributed by atoms with Gasteiger partial charge in [0.2, 0.25) is 0 Å². The van der Waals surface area contributed by atoms with Crippen molar-refractivity contribution in [3.63, 3.8) is 0 Å². The number of carbonyl (C=O) groups is 2. The summed E-state index contributed by atoms with van der Waals surface area (Å²) >= 11 is 0.442. The minimum atomic E-state index is -0.702. The second kappa shape index (κ2) is 10.00. The Morgan fingerprint density at radius 1 is 1.42 bits per heavy atom. The molecule has 2 aliphatic rings. The number of rotatable bonds is 5. The van der Waals surface area contributed by atoms with E-state index in [4.69, 9.17) is 10.5 Å². The third kappa shape index (κ3) is 5.03. The predicted octanol–water partition coefficient (Wildman–Crippen LogP) is 2.73. The van der Waals surface area contributed by atoms with E-state index in [1.54, 1.807) is 20.1 Å². The number of likely N-dealkylation sites (tertiary alicyclic amines) is 1. The summed E-state index contributed by atoms with van der Waals surface area (Å²) in [7, 11) is 1.67. The monoisotopic (exact) mass is 585 g/mol. The van der Waals surface area contributed by atoms with Crippen LogP contribution in [-0.2, 0) is 38.9 Å². The number of hydrogen-bond donors (Lipinski definition) is 1. The summed E-state index contributed by atoms with van der Waals surface area (Å²) < 4.78 is 5.81. The molecular formula is C15H25Cl2HgN2O3S. The van der Waals surface area contributed by atoms with Crippen LogP contribution in [-0.4, -0.2) is 39.8 Å². The van der Waals surface area contributed by atoms with E-state index in [2.05, 4.69) is 6.58 Å². The summed E-state index contributed by atoms with van der Waals surface area (Å²) in [5.41, 5.74) is 6.08. The maximum Gasteiger partial charge on any atom is -0.147 e. The molecule has 1 amide bonds. The molecule has 5 nitrogen and oxygen atoms in total. The Bertz CT molecular complexity index is 489. The van der Waals surface area contributed by atoms with Crippen molar-refractivity contribution >= 4 is 44.9 Å². The number of hydrogen-bond acceptors (Lipinski definition) is 5. The van der Waals surface area contributed by atoms with Gasteiger partial charge in [-0.2, -0.15) is 0 Å². The molecule has 0 aromatic carbocycles. The van der Waals surface area contributed by atoms with Gasteiger partial charge in [0.25, 0.3) is 0 Å². The maximum atomic E-state index is 12.7. The standard InChI is InChI=1S/C15H24N2O3S.2ClH.Hg/c1-9(2)11(17-12(18)10(16)13(17)21)14(19)20-15(3)7-5-4-6-8-15;;;/h10-11,13,21H,1,4-8,16H2,2-3H3;2*1H;/q;;;+1/p-1. The van der Waals surface area contributed by atoms with Crippen molar-refractivity contribution in [3.8, 4) is 0 Å². The molecule has 0 aromatic heterocycles. The first-order valence-corrected chi connectivity index (χ1v) is 15.5. The van der Waals surface area contributed by atoms with Crippen molar-refractivity contribution in [2.75, 3.05) is 0 Å². The van der Waals surface area contributed by atoms with Gasteiger partial charge >= 0.3 is 151 Å². The summed E-state index contributed by atoms with van der Waals surface area (Å²) in [5, 5.41) is -0.107. The van der Waals surface area contributed by atoms with E-state index in [1.807, 2.05) is 6.92 Å². The number of halogens is 2. The van der Waals surface area contributed by atoms with Gasteiger partial charge in [-0.05, 0) is 0 Å². The first-order valence-electron chi connectivity index (χ1n) is 7.67. The number of carbonyl (C=O) groups excluding carboxylic acids is 2. The molecular weight excluding hydrogens is 560 g/mol. The van der Waals surface area contributed by atoms with Gasteiger partial charge in [0, 0.05) is 0 Å². The third-order valence-electron chi connectivity index (χ3n) is 4.52. The Labute approximate surface area is 174 Å². The second-order valence-electron chi connectivity index (χ2n) is 6.51. The van der Waals surface area contributed by atoms with Gasteiger partial charge in [-0.1, -0.05) is 0 Å². The van der Waals surface area contributed by atoms with Crippen LogP contribution in [0, 0.1) is 0 Å². The third-order valence-corrected chi connectivity index (χ3v) is 9.36. The number of β-lactam (4-membered cyclic amide) rings is 1. The average molecular weight is 585 g/mol. The van der Waals surface area contributed by atoms with Crippen LogP contribution in [0.4, 0.5) is 0 Å². The van der Waals surface area contributed by atoms with Crippen molar-refractivity contribution in [2.24, 2.45) is 5.73 Å². The van der Waals surface area contributed by atoms with Crippen molar-refractivity contribution in [3.05, 3.63) is 12.2 Å². The zero-order chi connectivity index (χ0) is 16.5. The first kappa shape index (κ1) is 24.5. The molecule has 2 rings (SSSR count). The fourth-order valence-corrected chi connectivity index (χ4v) is 8.22. The average Bonchev–Trinajstić information content (AvgIpc) is 2.46. The van der Waals surface area contributed by atoms with E-state index in [9.17, 15) is 9.59 Å². The smallest absolute Gasteiger partial charge is 0.147 e. The molecule has 2 N–H and O–H groups in total. The molecule has 3 atom stereocenters. The molecule has 24 heavy (non-hydrogen) atoms. The van der Waals surface area contributed by atoms with Crippen LogP contribution in [0.5, 0.6) is 0 Å². The summed E-state index contributed by atoms with van der Waals surface area (Å²) in [6.45, 7) is 7.66. The quantitative estimate of drug-likeness (QED) is 0.233. The zero-order valence-corrected chi connectivity index (χ0v) is 22.1. The Kier molecular flexibility index (Phi) is 10.2. The zero-order valence-electron chi connectivity index (χ0n) is 14.2. The van der Waals surface area contributed by atoms with E-state index in [1.165, 1.54) is 6.42 Å². The summed E-state index contributed by atoms with van der Waals surface area (Å²) in [6.07, 6.45) is 5.12. The van der Waals surface area contributed by atoms with Crippen LogP contribution in [0.3, 0.4) is 0 Å². The summed E-state index contributed by atoms with van der Waals surface area (Å²) in [4.78, 5) is 26.4. The molecule has 3 unspecified atom stereocenters. The van der Waals surface area contributed by atoms with Crippen LogP contribution in [0.25, 0.3) is 0 Å². The second-order valence-corrected chi connectivity index (χ2v) is 11.2. The number of ether oxygens (including phenoxy) is 1. The molecule has 1 aliphatic carbocycles. The molecule has 1 saturated carbocycles. The van der Waals surface area contributed by atoms with Crippen molar-refractivity contribution in [1.29, 1.82) is 0 Å². The van der Waals surface area contributed by atoms with Crippen LogP contribution in [0.2, 0.25) is 0 Å². The number of nitrogens with zero attached hydrogens (tertiary/aromatic N) is 1. The van der Waals surface area contributed by atoms with Crippen LogP contribution in [0.15, 0.2) is 12.2 Å². The summed E-state index contributed by atoms with van der Waals surface area (Å²) in [6, 6.07) is -1.20. The van der Waals surface area contributed by atoms with Gasteiger partial charge in [-0.15, -0.1) is 24.8 Å². The Hall–Kier alpha value is 0.505. The normalized spacial score (nSPS) is 26.4. The molecule has 0 radical (unpaired) electrons. The fourth-order valence-electron chi connectivity index (χ4n) is 3.22. The van der Waals surface area contributed by atoms with Gasteiger partial charge in [0.15, 0.2) is 0 Å². The number of amides is 1. The van der Waals surface area contributed by atoms with Crippen LogP contribution >= 0.6 is 33.1 Å². The fraction of sp³-hybridized carbons (Fsp3) is 0.733. The summed E-state index contributed by atoms with van der Waals surface area (Å²) in [5.74, 6) is -0.536. The Morgan fingerprint density at radius 2 is 1.96 bits per heavy atom. The number of esters is 1. The molecule has 135 valence electrons. The first-order chi connectivity index (χ1) is 10.3. The van der Waals surface area contributed by atoms with E-state index < -0.39 is 17.7 Å². The van der Waals surface area contributed by atoms with Gasteiger partial charge in [0.05, 0.1) is 0 Å². The maximum absolute atomic E-state index is 12.7. The topological polar surface area (TPSA) is 72.6 Å². The van der Waals surface area contributed by atoms with Gasteiger partial charge in [-0.3, -0.25) is 0 Å². The SMILES string of the molecule is C=C(C)C(C(=O)OC1(C)CCCCC1)N1C(=O)C(N)C1[S][Hg].Cl.Cl. The molecule has 1 heterocycles. The minimum absolute atomic E-state index is 0. The van der Waals surface area contributed by atoms with Gasteiger partial charge in [0.1, 0.15) is 0 Å². The largest absolute Gasteiger partial charge is 0.147 e. The Morgan fingerprint density at radius 3 is 2.42 bits per heavy atom. The molecule has 1 saturated heterocycles. The molecule has 0 bridgehead atoms. The molecule has 1 aliphatic heterocycles. The Balaban J connectivity index is 0.00000264. The van der Waals surface area contributed by atoms with Crippen molar-refractivity contribution in [1.82, 2.24) is 4.90 Å². The van der Waals surface area contributed by atoms with E-state index in [0.29, 0.717) is 30.2 Å². The molecule has 0 aromatic rings. The minimum Gasteiger partial charge on any atom is -0.147 e. The van der Waals surface area contributed by atoms with Crippen molar-refractivity contribution < 1.29 is 38.9 Å². The van der Waals surface area contributed by atoms with Crippen LogP contribution < -0.4 is 5.73 Å². The van der Waals surface area contributed by atoms with E-state index in [0.717, 1.165) is 25.7 Å². The predicted molar refractivity (Wildman–Crippen MR) is 96.9 cm³/mol. The number of nitrogens with two attached hydrogens (primary N) is 1. The molecule has 2 fully saturated rings. The molecule has 9 heteroatoms. The van der Waals surface area contributed by atoms with E-state index in [-0.39, 0.29) is 42.1 Å². The molecule has 0 spiro atoms. The van der Waals surface area contributed by atoms with E-state index >= 15 is 0 Å².